The van der Waals surface area contributed by atoms with Crippen molar-refractivity contribution in [2.24, 2.45) is 0 Å². The summed E-state index contributed by atoms with van der Waals surface area (Å²) in [6.07, 6.45) is 5.83. The average Bonchev–Trinajstić information content (AvgIpc) is 2.23. The normalized spacial score (nSPS) is 11.9. The van der Waals surface area contributed by atoms with Crippen LogP contribution in [-0.2, 0) is 9.84 Å². The first-order valence-corrected chi connectivity index (χ1v) is 8.35. The molecule has 16 heavy (non-hydrogen) atoms. The maximum Gasteiger partial charge on any atom is 0.150 e. The summed E-state index contributed by atoms with van der Waals surface area (Å²) in [5.41, 5.74) is 0. The fourth-order valence-corrected chi connectivity index (χ4v) is 3.04. The van der Waals surface area contributed by atoms with E-state index in [0.29, 0.717) is 11.5 Å². The molecule has 0 unspecified atom stereocenters. The van der Waals surface area contributed by atoms with Crippen molar-refractivity contribution in [3.05, 3.63) is 0 Å². The minimum absolute atomic E-state index is 0.366. The van der Waals surface area contributed by atoms with Crippen LogP contribution in [0.4, 0.5) is 0 Å². The van der Waals surface area contributed by atoms with Crippen molar-refractivity contribution in [1.82, 2.24) is 5.32 Å². The predicted molar refractivity (Wildman–Crippen MR) is 70.6 cm³/mol. The highest BCUT2D eigenvalue weighted by atomic mass is 32.2. The van der Waals surface area contributed by atoms with Crippen molar-refractivity contribution in [3.63, 3.8) is 0 Å². The summed E-state index contributed by atoms with van der Waals surface area (Å²) in [6, 6.07) is 0. The zero-order chi connectivity index (χ0) is 12.3. The van der Waals surface area contributed by atoms with Gasteiger partial charge in [0, 0.05) is 0 Å². The lowest BCUT2D eigenvalue weighted by atomic mass is 10.3. The second-order valence-electron chi connectivity index (χ2n) is 4.32. The summed E-state index contributed by atoms with van der Waals surface area (Å²) >= 11 is 0. The van der Waals surface area contributed by atoms with Crippen molar-refractivity contribution >= 4 is 9.84 Å². The third-order valence-corrected chi connectivity index (χ3v) is 4.37. The van der Waals surface area contributed by atoms with Gasteiger partial charge in [-0.15, -0.1) is 0 Å². The van der Waals surface area contributed by atoms with Crippen molar-refractivity contribution in [3.8, 4) is 0 Å². The third-order valence-electron chi connectivity index (χ3n) is 2.54. The number of sulfone groups is 1. The van der Waals surface area contributed by atoms with Gasteiger partial charge in [0.25, 0.3) is 0 Å². The number of nitrogens with one attached hydrogen (secondary N) is 1. The number of hydrogen-bond donors (Lipinski definition) is 1. The highest BCUT2D eigenvalue weighted by Gasteiger charge is 2.09. The zero-order valence-corrected chi connectivity index (χ0v) is 11.6. The van der Waals surface area contributed by atoms with Crippen LogP contribution in [0.15, 0.2) is 0 Å². The highest BCUT2D eigenvalue weighted by Crippen LogP contribution is 2.02. The Morgan fingerprint density at radius 1 is 0.812 bits per heavy atom. The van der Waals surface area contributed by atoms with Crippen molar-refractivity contribution in [2.75, 3.05) is 24.6 Å². The fourth-order valence-electron chi connectivity index (χ4n) is 1.55. The van der Waals surface area contributed by atoms with E-state index in [4.69, 9.17) is 0 Å². The summed E-state index contributed by atoms with van der Waals surface area (Å²) in [6.45, 7) is 6.19. The quantitative estimate of drug-likeness (QED) is 0.572. The lowest BCUT2D eigenvalue weighted by molar-refractivity contribution is 0.581. The molecule has 4 heteroatoms. The van der Waals surface area contributed by atoms with Crippen LogP contribution >= 0.6 is 0 Å². The fraction of sp³-hybridized carbons (Fsp3) is 1.00. The molecule has 0 aromatic carbocycles. The molecule has 0 radical (unpaired) electrons. The predicted octanol–water partition coefficient (Wildman–Crippen LogP) is 2.37. The standard InChI is InChI=1S/C12H27NO2S/c1-3-5-7-11-16(14,15)12-8-6-10-13-9-4-2/h13H,3-12H2,1-2H3. The first kappa shape index (κ1) is 15.9. The van der Waals surface area contributed by atoms with Crippen LogP contribution in [0.2, 0.25) is 0 Å². The van der Waals surface area contributed by atoms with Gasteiger partial charge in [0.2, 0.25) is 0 Å². The Morgan fingerprint density at radius 2 is 1.44 bits per heavy atom. The Balaban J connectivity index is 3.43. The smallest absolute Gasteiger partial charge is 0.150 e. The Labute approximate surface area is 101 Å². The van der Waals surface area contributed by atoms with E-state index < -0.39 is 9.84 Å². The molecule has 0 heterocycles. The number of rotatable bonds is 11. The summed E-state index contributed by atoms with van der Waals surface area (Å²) in [5, 5.41) is 3.28. The van der Waals surface area contributed by atoms with E-state index >= 15 is 0 Å². The molecule has 0 aliphatic rings. The highest BCUT2D eigenvalue weighted by molar-refractivity contribution is 7.91. The minimum Gasteiger partial charge on any atom is -0.317 e. The Hall–Kier alpha value is -0.0900. The van der Waals surface area contributed by atoms with E-state index in [1.807, 2.05) is 0 Å². The van der Waals surface area contributed by atoms with Gasteiger partial charge in [-0.2, -0.15) is 0 Å². The lowest BCUT2D eigenvalue weighted by Gasteiger charge is -2.04. The molecule has 0 bridgehead atoms. The maximum absolute atomic E-state index is 11.6. The van der Waals surface area contributed by atoms with Gasteiger partial charge in [0.1, 0.15) is 9.84 Å². The van der Waals surface area contributed by atoms with Gasteiger partial charge in [-0.05, 0) is 38.8 Å². The molecule has 0 amide bonds. The van der Waals surface area contributed by atoms with Gasteiger partial charge in [0.05, 0.1) is 11.5 Å². The van der Waals surface area contributed by atoms with Crippen LogP contribution < -0.4 is 5.32 Å². The van der Waals surface area contributed by atoms with Gasteiger partial charge < -0.3 is 5.32 Å². The summed E-state index contributed by atoms with van der Waals surface area (Å²) in [4.78, 5) is 0. The maximum atomic E-state index is 11.6. The van der Waals surface area contributed by atoms with Crippen LogP contribution in [0, 0.1) is 0 Å². The van der Waals surface area contributed by atoms with E-state index in [0.717, 1.165) is 51.6 Å². The first-order chi connectivity index (χ1) is 7.62. The molecule has 0 aromatic rings. The van der Waals surface area contributed by atoms with Gasteiger partial charge in [-0.25, -0.2) is 8.42 Å². The molecular weight excluding hydrogens is 222 g/mol. The largest absolute Gasteiger partial charge is 0.317 e. The van der Waals surface area contributed by atoms with E-state index in [1.54, 1.807) is 0 Å². The Morgan fingerprint density at radius 3 is 2.00 bits per heavy atom. The molecular formula is C12H27NO2S. The molecule has 0 spiro atoms. The summed E-state index contributed by atoms with van der Waals surface area (Å²) in [5.74, 6) is 0.744. The monoisotopic (exact) mass is 249 g/mol. The van der Waals surface area contributed by atoms with Crippen LogP contribution in [0.5, 0.6) is 0 Å². The minimum atomic E-state index is -2.77. The second kappa shape index (κ2) is 10.1. The molecule has 3 nitrogen and oxygen atoms in total. The SMILES string of the molecule is CCCCCS(=O)(=O)CCCCNCCC. The Bertz CT molecular complexity index is 237. The van der Waals surface area contributed by atoms with Gasteiger partial charge in [-0.3, -0.25) is 0 Å². The third kappa shape index (κ3) is 10.4. The van der Waals surface area contributed by atoms with Crippen molar-refractivity contribution < 1.29 is 8.42 Å². The molecule has 0 saturated carbocycles. The van der Waals surface area contributed by atoms with Crippen LogP contribution in [0.3, 0.4) is 0 Å². The van der Waals surface area contributed by atoms with Crippen molar-refractivity contribution in [2.45, 2.75) is 52.4 Å². The van der Waals surface area contributed by atoms with Gasteiger partial charge >= 0.3 is 0 Å². The molecule has 0 aliphatic carbocycles. The van der Waals surface area contributed by atoms with E-state index in [-0.39, 0.29) is 0 Å². The van der Waals surface area contributed by atoms with Crippen LogP contribution in [0.25, 0.3) is 0 Å². The van der Waals surface area contributed by atoms with E-state index in [1.165, 1.54) is 0 Å². The van der Waals surface area contributed by atoms with E-state index in [9.17, 15) is 8.42 Å². The number of hydrogen-bond acceptors (Lipinski definition) is 3. The topological polar surface area (TPSA) is 46.2 Å². The van der Waals surface area contributed by atoms with Crippen molar-refractivity contribution in [1.29, 1.82) is 0 Å². The summed E-state index contributed by atoms with van der Waals surface area (Å²) < 4.78 is 23.1. The Kier molecular flexibility index (Phi) is 10.0. The summed E-state index contributed by atoms with van der Waals surface area (Å²) in [7, 11) is -2.77. The molecule has 0 rings (SSSR count). The van der Waals surface area contributed by atoms with Gasteiger partial charge in [0.15, 0.2) is 0 Å². The molecule has 0 atom stereocenters. The van der Waals surface area contributed by atoms with Crippen LogP contribution in [-0.4, -0.2) is 33.0 Å². The lowest BCUT2D eigenvalue weighted by Crippen LogP contribution is -2.17. The van der Waals surface area contributed by atoms with Crippen LogP contribution in [0.1, 0.15) is 52.4 Å². The average molecular weight is 249 g/mol. The second-order valence-corrected chi connectivity index (χ2v) is 6.62. The molecule has 0 aliphatic heterocycles. The zero-order valence-electron chi connectivity index (χ0n) is 10.8. The molecule has 0 fully saturated rings. The van der Waals surface area contributed by atoms with Gasteiger partial charge in [-0.1, -0.05) is 26.7 Å². The molecule has 98 valence electrons. The molecule has 1 N–H and O–H groups in total. The molecule has 0 saturated heterocycles. The van der Waals surface area contributed by atoms with E-state index in [2.05, 4.69) is 19.2 Å². The molecule has 0 aromatic heterocycles. The number of unbranched alkanes of at least 4 members (excludes halogenated alkanes) is 3. The first-order valence-electron chi connectivity index (χ1n) is 6.53.